The topological polar surface area (TPSA) is 29.1 Å². The molecule has 0 bridgehead atoms. The van der Waals surface area contributed by atoms with Gasteiger partial charge in [0, 0.05) is 18.0 Å². The standard InChI is InChI=1S/C17H25NO/c1-13(2)18-11-5-10-17(19)16-9-4-8-15(12-16)14-6-3-7-14/h4,8-9,12-14,18H,3,5-7,10-11H2,1-2H3. The lowest BCUT2D eigenvalue weighted by molar-refractivity contribution is 0.0979. The molecule has 1 aliphatic rings. The van der Waals surface area contributed by atoms with Gasteiger partial charge in [-0.3, -0.25) is 4.79 Å². The van der Waals surface area contributed by atoms with Crippen molar-refractivity contribution >= 4 is 5.78 Å². The number of nitrogens with one attached hydrogen (secondary N) is 1. The predicted molar refractivity (Wildman–Crippen MR) is 79.7 cm³/mol. The van der Waals surface area contributed by atoms with E-state index in [0.29, 0.717) is 18.4 Å². The Labute approximate surface area is 116 Å². The van der Waals surface area contributed by atoms with Crippen molar-refractivity contribution in [2.45, 2.75) is 57.9 Å². The van der Waals surface area contributed by atoms with Gasteiger partial charge in [-0.25, -0.2) is 0 Å². The second-order valence-corrected chi connectivity index (χ2v) is 5.89. The first-order valence-corrected chi connectivity index (χ1v) is 7.53. The summed E-state index contributed by atoms with van der Waals surface area (Å²) in [5.41, 5.74) is 2.26. The Bertz CT molecular complexity index is 421. The van der Waals surface area contributed by atoms with Crippen molar-refractivity contribution < 1.29 is 4.79 Å². The lowest BCUT2D eigenvalue weighted by Crippen LogP contribution is -2.24. The number of carbonyl (C=O) groups is 1. The van der Waals surface area contributed by atoms with Crippen molar-refractivity contribution in [1.82, 2.24) is 5.32 Å². The van der Waals surface area contributed by atoms with Crippen LogP contribution in [0.15, 0.2) is 24.3 Å². The van der Waals surface area contributed by atoms with Gasteiger partial charge in [-0.05, 0) is 43.4 Å². The normalized spacial score (nSPS) is 15.5. The van der Waals surface area contributed by atoms with E-state index in [1.807, 2.05) is 12.1 Å². The fraction of sp³-hybridized carbons (Fsp3) is 0.588. The average molecular weight is 259 g/mol. The van der Waals surface area contributed by atoms with Gasteiger partial charge in [0.25, 0.3) is 0 Å². The van der Waals surface area contributed by atoms with E-state index in [9.17, 15) is 4.79 Å². The molecule has 2 heteroatoms. The molecule has 1 aromatic rings. The summed E-state index contributed by atoms with van der Waals surface area (Å²) in [6, 6.07) is 8.77. The van der Waals surface area contributed by atoms with Gasteiger partial charge in [-0.15, -0.1) is 0 Å². The van der Waals surface area contributed by atoms with Gasteiger partial charge in [0.1, 0.15) is 0 Å². The third-order valence-electron chi connectivity index (χ3n) is 3.92. The molecule has 2 nitrogen and oxygen atoms in total. The Morgan fingerprint density at radius 2 is 2.16 bits per heavy atom. The van der Waals surface area contributed by atoms with E-state index in [2.05, 4.69) is 31.3 Å². The summed E-state index contributed by atoms with van der Waals surface area (Å²) in [5, 5.41) is 3.35. The lowest BCUT2D eigenvalue weighted by atomic mass is 9.79. The van der Waals surface area contributed by atoms with E-state index in [0.717, 1.165) is 18.5 Å². The Balaban J connectivity index is 1.84. The first-order chi connectivity index (χ1) is 9.16. The minimum Gasteiger partial charge on any atom is -0.315 e. The highest BCUT2D eigenvalue weighted by atomic mass is 16.1. The molecule has 0 radical (unpaired) electrons. The minimum atomic E-state index is 0.284. The number of hydrogen-bond acceptors (Lipinski definition) is 2. The minimum absolute atomic E-state index is 0.284. The van der Waals surface area contributed by atoms with Gasteiger partial charge in [0.15, 0.2) is 5.78 Å². The highest BCUT2D eigenvalue weighted by Gasteiger charge is 2.20. The smallest absolute Gasteiger partial charge is 0.162 e. The lowest BCUT2D eigenvalue weighted by Gasteiger charge is -2.26. The second kappa shape index (κ2) is 6.85. The van der Waals surface area contributed by atoms with E-state index < -0.39 is 0 Å². The Hall–Kier alpha value is -1.15. The van der Waals surface area contributed by atoms with E-state index in [4.69, 9.17) is 0 Å². The molecule has 0 aromatic heterocycles. The van der Waals surface area contributed by atoms with E-state index >= 15 is 0 Å². The summed E-state index contributed by atoms with van der Waals surface area (Å²) in [4.78, 5) is 12.1. The summed E-state index contributed by atoms with van der Waals surface area (Å²) >= 11 is 0. The summed E-state index contributed by atoms with van der Waals surface area (Å²) in [6.07, 6.45) is 5.48. The maximum Gasteiger partial charge on any atom is 0.162 e. The van der Waals surface area contributed by atoms with Crippen LogP contribution in [0.1, 0.15) is 67.8 Å². The van der Waals surface area contributed by atoms with Crippen LogP contribution in [-0.4, -0.2) is 18.4 Å². The van der Waals surface area contributed by atoms with Gasteiger partial charge in [-0.1, -0.05) is 38.5 Å². The molecule has 0 atom stereocenters. The zero-order chi connectivity index (χ0) is 13.7. The van der Waals surface area contributed by atoms with Crippen molar-refractivity contribution in [2.75, 3.05) is 6.54 Å². The molecular formula is C17H25NO. The fourth-order valence-corrected chi connectivity index (χ4v) is 2.49. The van der Waals surface area contributed by atoms with Gasteiger partial charge in [0.2, 0.25) is 0 Å². The van der Waals surface area contributed by atoms with Crippen molar-refractivity contribution in [3.63, 3.8) is 0 Å². The van der Waals surface area contributed by atoms with Crippen LogP contribution < -0.4 is 5.32 Å². The van der Waals surface area contributed by atoms with Gasteiger partial charge in [0.05, 0.1) is 0 Å². The van der Waals surface area contributed by atoms with E-state index in [1.165, 1.54) is 24.8 Å². The maximum atomic E-state index is 12.1. The highest BCUT2D eigenvalue weighted by Crippen LogP contribution is 2.36. The van der Waals surface area contributed by atoms with E-state index in [1.54, 1.807) is 0 Å². The maximum absolute atomic E-state index is 12.1. The molecule has 0 amide bonds. The summed E-state index contributed by atoms with van der Waals surface area (Å²) in [5.74, 6) is 0.988. The number of carbonyl (C=O) groups excluding carboxylic acids is 1. The fourth-order valence-electron chi connectivity index (χ4n) is 2.49. The molecule has 0 heterocycles. The molecule has 0 saturated heterocycles. The summed E-state index contributed by atoms with van der Waals surface area (Å²) in [7, 11) is 0. The van der Waals surface area contributed by atoms with Crippen LogP contribution >= 0.6 is 0 Å². The first kappa shape index (κ1) is 14.3. The molecular weight excluding hydrogens is 234 g/mol. The molecule has 104 valence electrons. The quantitative estimate of drug-likeness (QED) is 0.594. The Kier molecular flexibility index (Phi) is 5.15. The number of Topliss-reactive ketones (excluding diaryl/α,β-unsaturated/α-hetero) is 1. The van der Waals surface area contributed by atoms with Crippen molar-refractivity contribution in [2.24, 2.45) is 0 Å². The zero-order valence-corrected chi connectivity index (χ0v) is 12.1. The number of hydrogen-bond donors (Lipinski definition) is 1. The van der Waals surface area contributed by atoms with Crippen LogP contribution in [0.5, 0.6) is 0 Å². The molecule has 1 saturated carbocycles. The van der Waals surface area contributed by atoms with Crippen molar-refractivity contribution in [1.29, 1.82) is 0 Å². The van der Waals surface area contributed by atoms with Crippen molar-refractivity contribution in [3.8, 4) is 0 Å². The molecule has 1 aromatic carbocycles. The Morgan fingerprint density at radius 3 is 2.79 bits per heavy atom. The SMILES string of the molecule is CC(C)NCCCC(=O)c1cccc(C2CCC2)c1. The van der Waals surface area contributed by atoms with Crippen LogP contribution in [0.2, 0.25) is 0 Å². The highest BCUT2D eigenvalue weighted by molar-refractivity contribution is 5.96. The number of benzene rings is 1. The molecule has 2 rings (SSSR count). The number of rotatable bonds is 7. The van der Waals surface area contributed by atoms with Crippen LogP contribution in [0.3, 0.4) is 0 Å². The largest absolute Gasteiger partial charge is 0.315 e. The Morgan fingerprint density at radius 1 is 1.37 bits per heavy atom. The summed E-state index contributed by atoms with van der Waals surface area (Å²) < 4.78 is 0. The average Bonchev–Trinajstić information content (AvgIpc) is 2.32. The predicted octanol–water partition coefficient (Wildman–Crippen LogP) is 3.92. The van der Waals surface area contributed by atoms with Crippen LogP contribution in [-0.2, 0) is 0 Å². The second-order valence-electron chi connectivity index (χ2n) is 5.89. The molecule has 0 spiro atoms. The molecule has 1 aliphatic carbocycles. The summed E-state index contributed by atoms with van der Waals surface area (Å²) in [6.45, 7) is 5.18. The van der Waals surface area contributed by atoms with Gasteiger partial charge >= 0.3 is 0 Å². The molecule has 1 N–H and O–H groups in total. The third kappa shape index (κ3) is 4.17. The molecule has 1 fully saturated rings. The first-order valence-electron chi connectivity index (χ1n) is 7.53. The van der Waals surface area contributed by atoms with Crippen LogP contribution in [0, 0.1) is 0 Å². The molecule has 0 unspecified atom stereocenters. The third-order valence-corrected chi connectivity index (χ3v) is 3.92. The van der Waals surface area contributed by atoms with Gasteiger partial charge in [-0.2, -0.15) is 0 Å². The van der Waals surface area contributed by atoms with E-state index in [-0.39, 0.29) is 5.78 Å². The molecule has 0 aliphatic heterocycles. The van der Waals surface area contributed by atoms with Crippen LogP contribution in [0.4, 0.5) is 0 Å². The molecule has 19 heavy (non-hydrogen) atoms. The monoisotopic (exact) mass is 259 g/mol. The number of ketones is 1. The van der Waals surface area contributed by atoms with Gasteiger partial charge < -0.3 is 5.32 Å². The zero-order valence-electron chi connectivity index (χ0n) is 12.1. The van der Waals surface area contributed by atoms with Crippen molar-refractivity contribution in [3.05, 3.63) is 35.4 Å². The van der Waals surface area contributed by atoms with Crippen LogP contribution in [0.25, 0.3) is 0 Å².